The van der Waals surface area contributed by atoms with E-state index in [9.17, 15) is 9.59 Å². The van der Waals surface area contributed by atoms with Crippen molar-refractivity contribution >= 4 is 12.0 Å². The molecule has 0 radical (unpaired) electrons. The number of piperidine rings is 1. The second kappa shape index (κ2) is 8.91. The van der Waals surface area contributed by atoms with Gasteiger partial charge in [0.15, 0.2) is 0 Å². The lowest BCUT2D eigenvalue weighted by Gasteiger charge is -2.46. The monoisotopic (exact) mass is 404 g/mol. The number of rotatable bonds is 3. The Morgan fingerprint density at radius 2 is 1.76 bits per heavy atom. The van der Waals surface area contributed by atoms with Gasteiger partial charge in [0.05, 0.1) is 12.6 Å². The fraction of sp³-hybridized carbons (Fsp3) is 0.864. The Morgan fingerprint density at radius 3 is 2.34 bits per heavy atom. The molecule has 2 saturated heterocycles. The standard InChI is InChI=1S/C22H36N4O3/c1-21(2,3)29-20(28)25-13-10-22(11-14-25)8-6-17(7-9-22)24-16-19(27)26-12-4-5-18(26)15-23/h17-18,24H,4-14,16H2,1-3H3/t18-/m0/s1. The van der Waals surface area contributed by atoms with Crippen LogP contribution in [0.5, 0.6) is 0 Å². The molecule has 2 amide bonds. The van der Waals surface area contributed by atoms with Crippen molar-refractivity contribution in [3.8, 4) is 6.07 Å². The molecule has 3 fully saturated rings. The summed E-state index contributed by atoms with van der Waals surface area (Å²) in [6, 6.07) is 2.37. The number of likely N-dealkylation sites (tertiary alicyclic amines) is 2. The first-order chi connectivity index (χ1) is 13.7. The van der Waals surface area contributed by atoms with Crippen LogP contribution in [0.1, 0.15) is 72.1 Å². The Hall–Kier alpha value is -1.81. The van der Waals surface area contributed by atoms with Gasteiger partial charge in [-0.3, -0.25) is 4.79 Å². The number of ether oxygens (including phenoxy) is 1. The molecule has 1 spiro atoms. The van der Waals surface area contributed by atoms with E-state index < -0.39 is 5.60 Å². The first-order valence-corrected chi connectivity index (χ1v) is 11.1. The molecule has 0 unspecified atom stereocenters. The van der Waals surface area contributed by atoms with Gasteiger partial charge in [-0.05, 0) is 77.6 Å². The topological polar surface area (TPSA) is 85.7 Å². The molecule has 3 rings (SSSR count). The van der Waals surface area contributed by atoms with Crippen molar-refractivity contribution in [3.63, 3.8) is 0 Å². The molecule has 0 bridgehead atoms. The molecule has 1 N–H and O–H groups in total. The van der Waals surface area contributed by atoms with Crippen molar-refractivity contribution in [3.05, 3.63) is 0 Å². The van der Waals surface area contributed by atoms with E-state index in [-0.39, 0.29) is 18.0 Å². The van der Waals surface area contributed by atoms with E-state index in [4.69, 9.17) is 10.00 Å². The summed E-state index contributed by atoms with van der Waals surface area (Å²) in [5.41, 5.74) is -0.114. The van der Waals surface area contributed by atoms with Gasteiger partial charge in [0, 0.05) is 25.7 Å². The average Bonchev–Trinajstić information content (AvgIpc) is 3.15. The van der Waals surface area contributed by atoms with Gasteiger partial charge in [-0.15, -0.1) is 0 Å². The lowest BCUT2D eigenvalue weighted by Crippen LogP contribution is -2.48. The molecule has 0 aromatic heterocycles. The summed E-state index contributed by atoms with van der Waals surface area (Å²) in [5, 5.41) is 12.6. The van der Waals surface area contributed by atoms with Crippen LogP contribution in [0.4, 0.5) is 4.79 Å². The van der Waals surface area contributed by atoms with E-state index in [1.807, 2.05) is 25.7 Å². The highest BCUT2D eigenvalue weighted by molar-refractivity contribution is 5.79. The third kappa shape index (κ3) is 5.63. The summed E-state index contributed by atoms with van der Waals surface area (Å²) in [4.78, 5) is 28.3. The lowest BCUT2D eigenvalue weighted by molar-refractivity contribution is -0.130. The third-order valence-electron chi connectivity index (χ3n) is 6.79. The van der Waals surface area contributed by atoms with Crippen molar-refractivity contribution in [2.45, 2.75) is 89.8 Å². The molecule has 7 heteroatoms. The highest BCUT2D eigenvalue weighted by Crippen LogP contribution is 2.44. The van der Waals surface area contributed by atoms with Gasteiger partial charge < -0.3 is 19.9 Å². The Morgan fingerprint density at radius 1 is 1.10 bits per heavy atom. The van der Waals surface area contributed by atoms with Crippen LogP contribution >= 0.6 is 0 Å². The molecule has 7 nitrogen and oxygen atoms in total. The predicted octanol–water partition coefficient (Wildman–Crippen LogP) is 3.05. The van der Waals surface area contributed by atoms with Crippen molar-refractivity contribution in [2.24, 2.45) is 5.41 Å². The molecule has 29 heavy (non-hydrogen) atoms. The minimum Gasteiger partial charge on any atom is -0.444 e. The lowest BCUT2D eigenvalue weighted by atomic mass is 9.67. The first kappa shape index (κ1) is 21.9. The molecule has 0 aromatic carbocycles. The second-order valence-electron chi connectivity index (χ2n) is 10.00. The maximum Gasteiger partial charge on any atom is 0.410 e. The Labute approximate surface area is 174 Å². The van der Waals surface area contributed by atoms with Gasteiger partial charge in [0.2, 0.25) is 5.91 Å². The van der Waals surface area contributed by atoms with Crippen LogP contribution < -0.4 is 5.32 Å². The van der Waals surface area contributed by atoms with E-state index >= 15 is 0 Å². The zero-order chi connectivity index (χ0) is 21.1. The van der Waals surface area contributed by atoms with E-state index in [0.717, 1.165) is 64.5 Å². The number of hydrogen-bond donors (Lipinski definition) is 1. The zero-order valence-corrected chi connectivity index (χ0v) is 18.2. The van der Waals surface area contributed by atoms with Gasteiger partial charge in [-0.1, -0.05) is 0 Å². The van der Waals surface area contributed by atoms with Crippen LogP contribution in [0.15, 0.2) is 0 Å². The smallest absolute Gasteiger partial charge is 0.410 e. The number of carbonyl (C=O) groups excluding carboxylic acids is 2. The number of nitrogens with zero attached hydrogens (tertiary/aromatic N) is 3. The normalized spacial score (nSPS) is 25.1. The molecular formula is C22H36N4O3. The zero-order valence-electron chi connectivity index (χ0n) is 18.2. The minimum atomic E-state index is -0.449. The van der Waals surface area contributed by atoms with Crippen LogP contribution in [-0.2, 0) is 9.53 Å². The van der Waals surface area contributed by atoms with Crippen LogP contribution in [0.3, 0.4) is 0 Å². The van der Waals surface area contributed by atoms with Gasteiger partial charge >= 0.3 is 6.09 Å². The fourth-order valence-corrected chi connectivity index (χ4v) is 4.96. The van der Waals surface area contributed by atoms with E-state index in [0.29, 0.717) is 24.5 Å². The maximum atomic E-state index is 12.4. The van der Waals surface area contributed by atoms with Gasteiger partial charge in [0.25, 0.3) is 0 Å². The van der Waals surface area contributed by atoms with Gasteiger partial charge in [-0.2, -0.15) is 5.26 Å². The third-order valence-corrected chi connectivity index (χ3v) is 6.79. The molecule has 1 atom stereocenters. The highest BCUT2D eigenvalue weighted by Gasteiger charge is 2.40. The van der Waals surface area contributed by atoms with Crippen LogP contribution in [0.25, 0.3) is 0 Å². The molecule has 3 aliphatic rings. The molecule has 2 aliphatic heterocycles. The molecule has 162 valence electrons. The van der Waals surface area contributed by atoms with Crippen molar-refractivity contribution in [1.29, 1.82) is 5.26 Å². The number of hydrogen-bond acceptors (Lipinski definition) is 5. The highest BCUT2D eigenvalue weighted by atomic mass is 16.6. The Balaban J connectivity index is 1.39. The summed E-state index contributed by atoms with van der Waals surface area (Å²) in [7, 11) is 0. The Bertz CT molecular complexity index is 633. The van der Waals surface area contributed by atoms with Crippen molar-refractivity contribution in [1.82, 2.24) is 15.1 Å². The maximum absolute atomic E-state index is 12.4. The van der Waals surface area contributed by atoms with Crippen molar-refractivity contribution < 1.29 is 14.3 Å². The average molecular weight is 405 g/mol. The van der Waals surface area contributed by atoms with E-state index in [2.05, 4.69) is 11.4 Å². The van der Waals surface area contributed by atoms with Gasteiger partial charge in [0.1, 0.15) is 11.6 Å². The quantitative estimate of drug-likeness (QED) is 0.781. The van der Waals surface area contributed by atoms with Crippen molar-refractivity contribution in [2.75, 3.05) is 26.2 Å². The number of nitriles is 1. The van der Waals surface area contributed by atoms with Crippen LogP contribution in [-0.4, -0.2) is 65.7 Å². The summed E-state index contributed by atoms with van der Waals surface area (Å²) < 4.78 is 5.50. The SMILES string of the molecule is CC(C)(C)OC(=O)N1CCC2(CCC(NCC(=O)N3CCC[C@H]3C#N)CC2)CC1. The molecule has 1 saturated carbocycles. The second-order valence-corrected chi connectivity index (χ2v) is 10.00. The Kier molecular flexibility index (Phi) is 6.72. The summed E-state index contributed by atoms with van der Waals surface area (Å²) in [6.45, 7) is 8.30. The predicted molar refractivity (Wildman–Crippen MR) is 110 cm³/mol. The van der Waals surface area contributed by atoms with Crippen LogP contribution in [0.2, 0.25) is 0 Å². The fourth-order valence-electron chi connectivity index (χ4n) is 4.96. The minimum absolute atomic E-state index is 0.0556. The number of carbonyl (C=O) groups is 2. The summed E-state index contributed by atoms with van der Waals surface area (Å²) in [6.07, 6.45) is 8.04. The van der Waals surface area contributed by atoms with E-state index in [1.54, 1.807) is 4.90 Å². The molecule has 0 aromatic rings. The first-order valence-electron chi connectivity index (χ1n) is 11.1. The molecular weight excluding hydrogens is 368 g/mol. The molecule has 2 heterocycles. The van der Waals surface area contributed by atoms with E-state index in [1.165, 1.54) is 0 Å². The summed E-state index contributed by atoms with van der Waals surface area (Å²) in [5.74, 6) is 0.0556. The number of amides is 2. The van der Waals surface area contributed by atoms with Gasteiger partial charge in [-0.25, -0.2) is 4.79 Å². The summed E-state index contributed by atoms with van der Waals surface area (Å²) >= 11 is 0. The molecule has 1 aliphatic carbocycles. The largest absolute Gasteiger partial charge is 0.444 e. The van der Waals surface area contributed by atoms with Crippen LogP contribution in [0, 0.1) is 16.7 Å². The number of nitrogens with one attached hydrogen (secondary N) is 1.